The molecule has 0 heterocycles. The zero-order chi connectivity index (χ0) is 12.5. The van der Waals surface area contributed by atoms with Gasteiger partial charge in [-0.3, -0.25) is 0 Å². The molecule has 0 aliphatic rings. The molecule has 2 nitrogen and oxygen atoms in total. The standard InChI is InChI=1S/C8H5F5O2S/c9-4-3(1-2-16(14)15)5(10)7(12)8(13)6(4)11/h16H,1-2H2. The monoisotopic (exact) mass is 260 g/mol. The van der Waals surface area contributed by atoms with Crippen LogP contribution in [0.2, 0.25) is 0 Å². The number of hydrogen-bond donors (Lipinski definition) is 1. The van der Waals surface area contributed by atoms with Crippen molar-refractivity contribution in [3.8, 4) is 0 Å². The van der Waals surface area contributed by atoms with E-state index in [1.54, 1.807) is 0 Å². The van der Waals surface area contributed by atoms with Gasteiger partial charge in [0.1, 0.15) is 10.7 Å². The lowest BCUT2D eigenvalue weighted by Gasteiger charge is -2.06. The molecule has 0 aromatic heterocycles. The lowest BCUT2D eigenvalue weighted by atomic mass is 10.1. The van der Waals surface area contributed by atoms with Gasteiger partial charge in [0.05, 0.1) is 5.75 Å². The van der Waals surface area contributed by atoms with Crippen molar-refractivity contribution in [1.82, 2.24) is 0 Å². The molecule has 1 aromatic carbocycles. The summed E-state index contributed by atoms with van der Waals surface area (Å²) in [5, 5.41) is 0. The van der Waals surface area contributed by atoms with Crippen LogP contribution in [-0.2, 0) is 17.1 Å². The van der Waals surface area contributed by atoms with E-state index in [0.717, 1.165) is 0 Å². The molecular weight excluding hydrogens is 255 g/mol. The Hall–Kier alpha value is -1.18. The fourth-order valence-electron chi connectivity index (χ4n) is 1.07. The summed E-state index contributed by atoms with van der Waals surface area (Å²) in [5.41, 5.74) is -1.12. The Kier molecular flexibility index (Phi) is 3.84. The van der Waals surface area contributed by atoms with E-state index in [2.05, 4.69) is 0 Å². The smallest absolute Gasteiger partial charge is 0.200 e. The number of thiol groups is 1. The first-order chi connectivity index (χ1) is 7.36. The van der Waals surface area contributed by atoms with Crippen molar-refractivity contribution in [2.75, 3.05) is 5.75 Å². The van der Waals surface area contributed by atoms with E-state index in [4.69, 9.17) is 0 Å². The van der Waals surface area contributed by atoms with Crippen molar-refractivity contribution < 1.29 is 30.4 Å². The molecule has 16 heavy (non-hydrogen) atoms. The minimum Gasteiger partial charge on any atom is -0.232 e. The zero-order valence-electron chi connectivity index (χ0n) is 7.57. The van der Waals surface area contributed by atoms with Gasteiger partial charge >= 0.3 is 0 Å². The van der Waals surface area contributed by atoms with Gasteiger partial charge in [-0.15, -0.1) is 0 Å². The summed E-state index contributed by atoms with van der Waals surface area (Å²) in [6, 6.07) is 0. The van der Waals surface area contributed by atoms with Crippen LogP contribution in [0.25, 0.3) is 0 Å². The van der Waals surface area contributed by atoms with Crippen LogP contribution >= 0.6 is 0 Å². The molecule has 1 aromatic rings. The minimum absolute atomic E-state index is 0.687. The SMILES string of the molecule is O=[SH](=O)CCc1c(F)c(F)c(F)c(F)c1F. The summed E-state index contributed by atoms with van der Waals surface area (Å²) in [4.78, 5) is 0. The second-order valence-electron chi connectivity index (χ2n) is 2.85. The third kappa shape index (κ3) is 2.31. The van der Waals surface area contributed by atoms with Crippen molar-refractivity contribution >= 4 is 10.7 Å². The van der Waals surface area contributed by atoms with Crippen LogP contribution in [0.4, 0.5) is 22.0 Å². The van der Waals surface area contributed by atoms with Gasteiger partial charge in [0.2, 0.25) is 5.82 Å². The highest BCUT2D eigenvalue weighted by Crippen LogP contribution is 2.23. The van der Waals surface area contributed by atoms with Gasteiger partial charge in [0, 0.05) is 5.56 Å². The highest BCUT2D eigenvalue weighted by molar-refractivity contribution is 7.72. The van der Waals surface area contributed by atoms with E-state index >= 15 is 0 Å². The lowest BCUT2D eigenvalue weighted by Crippen LogP contribution is -2.09. The molecule has 0 aliphatic carbocycles. The Morgan fingerprint density at radius 2 is 1.12 bits per heavy atom. The average Bonchev–Trinajstić information content (AvgIpc) is 2.23. The molecule has 0 bridgehead atoms. The van der Waals surface area contributed by atoms with Crippen molar-refractivity contribution in [2.45, 2.75) is 6.42 Å². The molecule has 90 valence electrons. The maximum absolute atomic E-state index is 12.9. The molecule has 0 spiro atoms. The van der Waals surface area contributed by atoms with Crippen LogP contribution in [0, 0.1) is 29.1 Å². The predicted molar refractivity (Wildman–Crippen MR) is 45.1 cm³/mol. The second kappa shape index (κ2) is 4.77. The quantitative estimate of drug-likeness (QED) is 0.387. The maximum atomic E-state index is 12.9. The van der Waals surface area contributed by atoms with Crippen LogP contribution in [-0.4, -0.2) is 14.2 Å². The molecule has 0 amide bonds. The molecule has 0 aliphatic heterocycles. The van der Waals surface area contributed by atoms with Gasteiger partial charge in [-0.05, 0) is 6.42 Å². The molecule has 0 N–H and O–H groups in total. The minimum atomic E-state index is -2.95. The van der Waals surface area contributed by atoms with E-state index in [1.165, 1.54) is 0 Å². The molecule has 0 atom stereocenters. The molecule has 0 saturated heterocycles. The first kappa shape index (κ1) is 12.9. The maximum Gasteiger partial charge on any atom is 0.200 e. The third-order valence-electron chi connectivity index (χ3n) is 1.85. The summed E-state index contributed by atoms with van der Waals surface area (Å²) in [6.45, 7) is 0. The largest absolute Gasteiger partial charge is 0.232 e. The zero-order valence-corrected chi connectivity index (χ0v) is 8.46. The fraction of sp³-hybridized carbons (Fsp3) is 0.250. The predicted octanol–water partition coefficient (Wildman–Crippen LogP) is 1.54. The van der Waals surface area contributed by atoms with Gasteiger partial charge in [-0.25, -0.2) is 30.4 Å². The van der Waals surface area contributed by atoms with Crippen molar-refractivity contribution in [1.29, 1.82) is 0 Å². The molecule has 0 unspecified atom stereocenters. The average molecular weight is 260 g/mol. The molecule has 0 saturated carbocycles. The van der Waals surface area contributed by atoms with E-state index in [0.29, 0.717) is 0 Å². The van der Waals surface area contributed by atoms with Crippen LogP contribution in [0.3, 0.4) is 0 Å². The van der Waals surface area contributed by atoms with Crippen molar-refractivity contribution in [2.24, 2.45) is 0 Å². The second-order valence-corrected chi connectivity index (χ2v) is 3.97. The Morgan fingerprint density at radius 1 is 0.750 bits per heavy atom. The van der Waals surface area contributed by atoms with E-state index in [1.807, 2.05) is 0 Å². The number of rotatable bonds is 3. The van der Waals surface area contributed by atoms with Gasteiger partial charge in [-0.2, -0.15) is 0 Å². The summed E-state index contributed by atoms with van der Waals surface area (Å²) >= 11 is 0. The van der Waals surface area contributed by atoms with Gasteiger partial charge in [0.15, 0.2) is 23.3 Å². The molecule has 1 rings (SSSR count). The topological polar surface area (TPSA) is 34.1 Å². The molecular formula is C8H5F5O2S. The Bertz CT molecular complexity index is 461. The summed E-state index contributed by atoms with van der Waals surface area (Å²) < 4.78 is 84.0. The summed E-state index contributed by atoms with van der Waals surface area (Å²) in [5.74, 6) is -11.1. The number of benzene rings is 1. The normalized spacial score (nSPS) is 11.1. The summed E-state index contributed by atoms with van der Waals surface area (Å²) in [7, 11) is -2.95. The first-order valence-electron chi connectivity index (χ1n) is 3.98. The highest BCUT2D eigenvalue weighted by Gasteiger charge is 2.25. The van der Waals surface area contributed by atoms with E-state index in [-0.39, 0.29) is 0 Å². The Labute approximate surface area is 88.6 Å². The van der Waals surface area contributed by atoms with Crippen LogP contribution < -0.4 is 0 Å². The van der Waals surface area contributed by atoms with Crippen LogP contribution in [0.15, 0.2) is 0 Å². The number of halogens is 5. The van der Waals surface area contributed by atoms with Gasteiger partial charge in [0.25, 0.3) is 0 Å². The van der Waals surface area contributed by atoms with Crippen molar-refractivity contribution in [3.63, 3.8) is 0 Å². The lowest BCUT2D eigenvalue weighted by molar-refractivity contribution is 0.371. The van der Waals surface area contributed by atoms with E-state index < -0.39 is 57.5 Å². The highest BCUT2D eigenvalue weighted by atomic mass is 32.2. The van der Waals surface area contributed by atoms with Crippen LogP contribution in [0.1, 0.15) is 5.56 Å². The Balaban J connectivity index is 3.28. The Morgan fingerprint density at radius 3 is 1.50 bits per heavy atom. The molecule has 8 heteroatoms. The first-order valence-corrected chi connectivity index (χ1v) is 5.34. The van der Waals surface area contributed by atoms with Crippen LogP contribution in [0.5, 0.6) is 0 Å². The third-order valence-corrected chi connectivity index (χ3v) is 2.43. The summed E-state index contributed by atoms with van der Waals surface area (Å²) in [6.07, 6.45) is -0.759. The van der Waals surface area contributed by atoms with Gasteiger partial charge < -0.3 is 0 Å². The van der Waals surface area contributed by atoms with Gasteiger partial charge in [-0.1, -0.05) is 0 Å². The molecule has 0 radical (unpaired) electrons. The van der Waals surface area contributed by atoms with Crippen molar-refractivity contribution in [3.05, 3.63) is 34.6 Å². The molecule has 0 fully saturated rings. The fourth-order valence-corrected chi connectivity index (χ4v) is 1.48. The van der Waals surface area contributed by atoms with E-state index in [9.17, 15) is 30.4 Å². The number of hydrogen-bond acceptors (Lipinski definition) is 2.